The maximum Gasteiger partial charge on any atom is 0.254 e. The van der Waals surface area contributed by atoms with Crippen molar-refractivity contribution in [3.63, 3.8) is 0 Å². The van der Waals surface area contributed by atoms with Crippen LogP contribution in [0.2, 0.25) is 0 Å². The van der Waals surface area contributed by atoms with Gasteiger partial charge in [0.15, 0.2) is 26.0 Å². The first-order chi connectivity index (χ1) is 12.1. The van der Waals surface area contributed by atoms with E-state index in [1.807, 2.05) is 0 Å². The summed E-state index contributed by atoms with van der Waals surface area (Å²) in [5.41, 5.74) is -0.460. The van der Waals surface area contributed by atoms with Crippen LogP contribution >= 0.6 is 0 Å². The minimum atomic E-state index is -4.00. The van der Waals surface area contributed by atoms with Crippen LogP contribution in [-0.2, 0) is 29.1 Å². The molecular weight excluding hydrogens is 389 g/mol. The number of carbonyl (C=O) groups excluding carboxylic acids is 1. The molecule has 0 bridgehead atoms. The SMILES string of the molecule is COC(CNC(=O)c1cc(S(=O)(=O)C2CCS(=O)(=O)C2)ccc1F)OC. The number of carbonyl (C=O) groups is 1. The number of amides is 1. The van der Waals surface area contributed by atoms with Crippen LogP contribution in [0.25, 0.3) is 0 Å². The molecule has 1 saturated heterocycles. The lowest BCUT2D eigenvalue weighted by Crippen LogP contribution is -2.34. The summed E-state index contributed by atoms with van der Waals surface area (Å²) in [6.45, 7) is -0.0663. The van der Waals surface area contributed by atoms with Crippen LogP contribution in [-0.4, -0.2) is 66.6 Å². The summed E-state index contributed by atoms with van der Waals surface area (Å²) in [6.07, 6.45) is -0.759. The lowest BCUT2D eigenvalue weighted by molar-refractivity contribution is -0.0974. The van der Waals surface area contributed by atoms with Gasteiger partial charge < -0.3 is 14.8 Å². The monoisotopic (exact) mass is 409 g/mol. The van der Waals surface area contributed by atoms with E-state index in [9.17, 15) is 26.0 Å². The van der Waals surface area contributed by atoms with Gasteiger partial charge in [-0.1, -0.05) is 0 Å². The average molecular weight is 409 g/mol. The number of halogens is 1. The van der Waals surface area contributed by atoms with E-state index >= 15 is 0 Å². The molecule has 1 amide bonds. The quantitative estimate of drug-likeness (QED) is 0.503. The number of methoxy groups -OCH3 is 2. The summed E-state index contributed by atoms with van der Waals surface area (Å²) in [7, 11) is -4.67. The van der Waals surface area contributed by atoms with Gasteiger partial charge in [-0.25, -0.2) is 21.2 Å². The van der Waals surface area contributed by atoms with Crippen LogP contribution in [0.4, 0.5) is 4.39 Å². The van der Waals surface area contributed by atoms with Crippen molar-refractivity contribution in [3.8, 4) is 0 Å². The van der Waals surface area contributed by atoms with Gasteiger partial charge in [-0.05, 0) is 24.6 Å². The average Bonchev–Trinajstić information content (AvgIpc) is 2.96. The second-order valence-electron chi connectivity index (χ2n) is 5.82. The van der Waals surface area contributed by atoms with Gasteiger partial charge in [0.1, 0.15) is 5.82 Å². The van der Waals surface area contributed by atoms with E-state index in [-0.39, 0.29) is 23.6 Å². The summed E-state index contributed by atoms with van der Waals surface area (Å²) in [6, 6.07) is 2.81. The molecule has 1 atom stereocenters. The highest BCUT2D eigenvalue weighted by Gasteiger charge is 2.38. The molecule has 0 aliphatic carbocycles. The fourth-order valence-corrected chi connectivity index (χ4v) is 6.97. The van der Waals surface area contributed by atoms with Crippen molar-refractivity contribution >= 4 is 25.6 Å². The Morgan fingerprint density at radius 2 is 2.00 bits per heavy atom. The summed E-state index contributed by atoms with van der Waals surface area (Å²) in [4.78, 5) is 11.9. The van der Waals surface area contributed by atoms with Crippen LogP contribution in [0, 0.1) is 5.82 Å². The Hall–Kier alpha value is -1.56. The van der Waals surface area contributed by atoms with Crippen molar-refractivity contribution in [2.75, 3.05) is 32.3 Å². The molecule has 8 nitrogen and oxygen atoms in total. The molecule has 1 aromatic carbocycles. The van der Waals surface area contributed by atoms with Gasteiger partial charge in [-0.3, -0.25) is 4.79 Å². The maximum atomic E-state index is 14.0. The van der Waals surface area contributed by atoms with E-state index in [1.165, 1.54) is 14.2 Å². The lowest BCUT2D eigenvalue weighted by atomic mass is 10.2. The molecule has 11 heteroatoms. The fourth-order valence-electron chi connectivity index (χ4n) is 2.59. The van der Waals surface area contributed by atoms with Gasteiger partial charge in [-0.2, -0.15) is 0 Å². The predicted octanol–water partition coefficient (Wildman–Crippen LogP) is 0.135. The van der Waals surface area contributed by atoms with E-state index < -0.39 is 54.3 Å². The summed E-state index contributed by atoms with van der Waals surface area (Å²) >= 11 is 0. The topological polar surface area (TPSA) is 116 Å². The molecule has 0 spiro atoms. The standard InChI is InChI=1S/C15H20FNO7S2/c1-23-14(24-2)8-17-15(18)12-7-10(3-4-13(12)16)26(21,22)11-5-6-25(19,20)9-11/h3-4,7,11,14H,5-6,8-9H2,1-2H3,(H,17,18). The van der Waals surface area contributed by atoms with E-state index in [2.05, 4.69) is 5.32 Å². The van der Waals surface area contributed by atoms with Crippen LogP contribution in [0.5, 0.6) is 0 Å². The number of ether oxygens (including phenoxy) is 2. The number of nitrogens with one attached hydrogen (secondary N) is 1. The summed E-state index contributed by atoms with van der Waals surface area (Å²) in [5.74, 6) is -2.41. The normalized spacial score (nSPS) is 19.6. The minimum Gasteiger partial charge on any atom is -0.354 e. The van der Waals surface area contributed by atoms with Crippen LogP contribution < -0.4 is 5.32 Å². The Morgan fingerprint density at radius 1 is 1.35 bits per heavy atom. The van der Waals surface area contributed by atoms with Crippen molar-refractivity contribution in [2.45, 2.75) is 22.9 Å². The maximum absolute atomic E-state index is 14.0. The molecule has 1 aromatic rings. The zero-order valence-electron chi connectivity index (χ0n) is 14.3. The Morgan fingerprint density at radius 3 is 2.54 bits per heavy atom. The van der Waals surface area contributed by atoms with Gasteiger partial charge in [0.25, 0.3) is 5.91 Å². The highest BCUT2D eigenvalue weighted by atomic mass is 32.2. The lowest BCUT2D eigenvalue weighted by Gasteiger charge is -2.15. The summed E-state index contributed by atoms with van der Waals surface area (Å²) < 4.78 is 72.1. The molecule has 2 rings (SSSR count). The molecule has 26 heavy (non-hydrogen) atoms. The minimum absolute atomic E-state index is 0.0209. The Labute approximate surface area is 151 Å². The second-order valence-corrected chi connectivity index (χ2v) is 10.3. The Kier molecular flexibility index (Phi) is 6.37. The molecule has 1 heterocycles. The zero-order chi connectivity index (χ0) is 19.5. The molecule has 0 radical (unpaired) electrons. The van der Waals surface area contributed by atoms with Crippen LogP contribution in [0.3, 0.4) is 0 Å². The molecule has 146 valence electrons. The highest BCUT2D eigenvalue weighted by molar-refractivity contribution is 7.96. The van der Waals surface area contributed by atoms with E-state index in [4.69, 9.17) is 9.47 Å². The van der Waals surface area contributed by atoms with Crippen molar-refractivity contribution in [1.82, 2.24) is 5.32 Å². The molecule has 0 saturated carbocycles. The molecule has 1 aliphatic heterocycles. The first kappa shape index (κ1) is 20.7. The van der Waals surface area contributed by atoms with Crippen molar-refractivity contribution in [1.29, 1.82) is 0 Å². The van der Waals surface area contributed by atoms with Gasteiger partial charge in [-0.15, -0.1) is 0 Å². The molecule has 1 fully saturated rings. The van der Waals surface area contributed by atoms with Gasteiger partial charge in [0.05, 0.1) is 33.8 Å². The second kappa shape index (κ2) is 7.99. The smallest absolute Gasteiger partial charge is 0.254 e. The number of hydrogen-bond acceptors (Lipinski definition) is 7. The Balaban J connectivity index is 2.25. The summed E-state index contributed by atoms with van der Waals surface area (Å²) in [5, 5.41) is 1.29. The van der Waals surface area contributed by atoms with Crippen molar-refractivity contribution in [2.24, 2.45) is 0 Å². The molecule has 1 unspecified atom stereocenters. The van der Waals surface area contributed by atoms with Gasteiger partial charge >= 0.3 is 0 Å². The first-order valence-electron chi connectivity index (χ1n) is 7.68. The van der Waals surface area contributed by atoms with Crippen LogP contribution in [0.1, 0.15) is 16.8 Å². The fraction of sp³-hybridized carbons (Fsp3) is 0.533. The third-order valence-electron chi connectivity index (χ3n) is 4.10. The predicted molar refractivity (Wildman–Crippen MR) is 90.8 cm³/mol. The largest absolute Gasteiger partial charge is 0.354 e. The van der Waals surface area contributed by atoms with E-state index in [1.54, 1.807) is 0 Å². The number of hydrogen-bond donors (Lipinski definition) is 1. The van der Waals surface area contributed by atoms with Crippen LogP contribution in [0.15, 0.2) is 23.1 Å². The molecular formula is C15H20FNO7S2. The highest BCUT2D eigenvalue weighted by Crippen LogP contribution is 2.26. The third kappa shape index (κ3) is 4.58. The molecule has 1 N–H and O–H groups in total. The third-order valence-corrected chi connectivity index (χ3v) is 8.27. The number of rotatable bonds is 7. The van der Waals surface area contributed by atoms with Crippen molar-refractivity contribution < 1.29 is 35.5 Å². The zero-order valence-corrected chi connectivity index (χ0v) is 15.9. The van der Waals surface area contributed by atoms with Gasteiger partial charge in [0.2, 0.25) is 0 Å². The first-order valence-corrected chi connectivity index (χ1v) is 11.0. The van der Waals surface area contributed by atoms with Crippen molar-refractivity contribution in [3.05, 3.63) is 29.6 Å². The molecule has 0 aromatic heterocycles. The molecule has 1 aliphatic rings. The van der Waals surface area contributed by atoms with Gasteiger partial charge in [0, 0.05) is 14.2 Å². The Bertz CT molecular complexity index is 879. The van der Waals surface area contributed by atoms with E-state index in [0.717, 1.165) is 18.2 Å². The number of sulfone groups is 2. The number of benzene rings is 1. The van der Waals surface area contributed by atoms with E-state index in [0.29, 0.717) is 0 Å².